The first-order chi connectivity index (χ1) is 15.6. The highest BCUT2D eigenvalue weighted by atomic mass is 32.1. The molecule has 1 amide bonds. The highest BCUT2D eigenvalue weighted by molar-refractivity contribution is 7.16. The Morgan fingerprint density at radius 1 is 0.875 bits per heavy atom. The maximum atomic E-state index is 12.9. The van der Waals surface area contributed by atoms with Gasteiger partial charge in [-0.25, -0.2) is 0 Å². The van der Waals surface area contributed by atoms with Crippen LogP contribution in [-0.4, -0.2) is 13.0 Å². The van der Waals surface area contributed by atoms with Crippen LogP contribution in [0.5, 0.6) is 5.75 Å². The van der Waals surface area contributed by atoms with E-state index < -0.39 is 0 Å². The van der Waals surface area contributed by atoms with Gasteiger partial charge in [0.25, 0.3) is 5.91 Å². The van der Waals surface area contributed by atoms with Gasteiger partial charge in [0, 0.05) is 21.7 Å². The molecule has 0 saturated carbocycles. The maximum absolute atomic E-state index is 12.9. The van der Waals surface area contributed by atoms with Crippen LogP contribution in [0.25, 0.3) is 0 Å². The number of carbonyl (C=O) groups excluding carboxylic acids is 1. The molecule has 1 heterocycles. The highest BCUT2D eigenvalue weighted by Crippen LogP contribution is 2.41. The predicted octanol–water partition coefficient (Wildman–Crippen LogP) is 6.83. The molecule has 4 nitrogen and oxygen atoms in total. The normalized spacial score (nSPS) is 11.6. The van der Waals surface area contributed by atoms with Crippen molar-refractivity contribution >= 4 is 27.9 Å². The summed E-state index contributed by atoms with van der Waals surface area (Å²) < 4.78 is 5.30. The number of hydrogen-bond acceptors (Lipinski definition) is 4. The first kappa shape index (κ1) is 21.7. The number of thiophene rings is 1. The van der Waals surface area contributed by atoms with Gasteiger partial charge in [0.2, 0.25) is 0 Å². The number of nitrogens with one attached hydrogen (secondary N) is 2. The lowest BCUT2D eigenvalue weighted by Gasteiger charge is -2.23. The van der Waals surface area contributed by atoms with Crippen LogP contribution in [0.1, 0.15) is 38.0 Å². The van der Waals surface area contributed by atoms with E-state index in [2.05, 4.69) is 36.6 Å². The number of rotatable bonds is 7. The molecule has 1 atom stereocenters. The fourth-order valence-corrected chi connectivity index (χ4v) is 4.77. The largest absolute Gasteiger partial charge is 0.497 e. The minimum Gasteiger partial charge on any atom is -0.497 e. The number of benzene rings is 3. The third-order valence-electron chi connectivity index (χ3n) is 5.52. The zero-order valence-corrected chi connectivity index (χ0v) is 19.2. The molecule has 0 aliphatic rings. The van der Waals surface area contributed by atoms with Crippen molar-refractivity contribution in [1.82, 2.24) is 0 Å². The van der Waals surface area contributed by atoms with Gasteiger partial charge in [0.05, 0.1) is 13.2 Å². The van der Waals surface area contributed by atoms with Crippen LogP contribution in [0.4, 0.5) is 10.7 Å². The Balaban J connectivity index is 1.74. The summed E-state index contributed by atoms with van der Waals surface area (Å²) in [4.78, 5) is 14.1. The standard InChI is InChI=1S/C27H26N2O2S/c1-18-19(2)32-27(29-26(30)21-12-8-5-9-13-21)24(18)25(20-10-6-4-7-11-20)28-22-14-16-23(31-3)17-15-22/h4-17,25,28H,1-3H3,(H,29,30)/t25-/m0/s1. The minimum atomic E-state index is -0.124. The Bertz CT molecular complexity index is 1190. The van der Waals surface area contributed by atoms with Gasteiger partial charge in [-0.15, -0.1) is 11.3 Å². The monoisotopic (exact) mass is 442 g/mol. The van der Waals surface area contributed by atoms with Gasteiger partial charge in [-0.3, -0.25) is 4.79 Å². The summed E-state index contributed by atoms with van der Waals surface area (Å²) in [6.07, 6.45) is 0. The molecule has 3 aromatic carbocycles. The summed E-state index contributed by atoms with van der Waals surface area (Å²) in [5, 5.41) is 7.70. The van der Waals surface area contributed by atoms with Gasteiger partial charge in [-0.05, 0) is 61.4 Å². The van der Waals surface area contributed by atoms with Gasteiger partial charge >= 0.3 is 0 Å². The van der Waals surface area contributed by atoms with Gasteiger partial charge in [-0.1, -0.05) is 48.5 Å². The molecule has 4 aromatic rings. The van der Waals surface area contributed by atoms with E-state index in [0.29, 0.717) is 5.56 Å². The molecular weight excluding hydrogens is 416 g/mol. The van der Waals surface area contributed by atoms with Crippen molar-refractivity contribution in [3.63, 3.8) is 0 Å². The third-order valence-corrected chi connectivity index (χ3v) is 6.66. The first-order valence-corrected chi connectivity index (χ1v) is 11.3. The van der Waals surface area contributed by atoms with E-state index in [0.717, 1.165) is 27.6 Å². The lowest BCUT2D eigenvalue weighted by molar-refractivity contribution is 0.102. The van der Waals surface area contributed by atoms with Crippen molar-refractivity contribution in [3.05, 3.63) is 112 Å². The van der Waals surface area contributed by atoms with Crippen molar-refractivity contribution in [2.45, 2.75) is 19.9 Å². The number of hydrogen-bond donors (Lipinski definition) is 2. The average molecular weight is 443 g/mol. The molecule has 0 aliphatic heterocycles. The summed E-state index contributed by atoms with van der Waals surface area (Å²) in [5.74, 6) is 0.703. The second kappa shape index (κ2) is 9.71. The molecule has 4 rings (SSSR count). The molecule has 0 radical (unpaired) electrons. The maximum Gasteiger partial charge on any atom is 0.256 e. The Kier molecular flexibility index (Phi) is 6.57. The van der Waals surface area contributed by atoms with E-state index >= 15 is 0 Å². The van der Waals surface area contributed by atoms with Crippen molar-refractivity contribution in [2.24, 2.45) is 0 Å². The lowest BCUT2D eigenvalue weighted by atomic mass is 9.96. The Labute approximate surface area is 192 Å². The summed E-state index contributed by atoms with van der Waals surface area (Å²) in [5.41, 5.74) is 5.00. The SMILES string of the molecule is COc1ccc(N[C@@H](c2ccccc2)c2c(NC(=O)c3ccccc3)sc(C)c2C)cc1. The summed E-state index contributed by atoms with van der Waals surface area (Å²) in [6.45, 7) is 4.21. The zero-order valence-electron chi connectivity index (χ0n) is 18.4. The van der Waals surface area contributed by atoms with Crippen molar-refractivity contribution < 1.29 is 9.53 Å². The van der Waals surface area contributed by atoms with Gasteiger partial charge in [0.15, 0.2) is 0 Å². The minimum absolute atomic E-state index is 0.107. The molecule has 0 aliphatic carbocycles. The number of carbonyl (C=O) groups is 1. The van der Waals surface area contributed by atoms with Crippen LogP contribution in [0, 0.1) is 13.8 Å². The van der Waals surface area contributed by atoms with Crippen LogP contribution in [-0.2, 0) is 0 Å². The molecule has 1 aromatic heterocycles. The van der Waals surface area contributed by atoms with E-state index in [4.69, 9.17) is 4.74 Å². The van der Waals surface area contributed by atoms with Crippen LogP contribution >= 0.6 is 11.3 Å². The number of methoxy groups -OCH3 is 1. The van der Waals surface area contributed by atoms with E-state index in [1.54, 1.807) is 18.4 Å². The number of amides is 1. The Morgan fingerprint density at radius 3 is 2.12 bits per heavy atom. The fraction of sp³-hybridized carbons (Fsp3) is 0.148. The smallest absolute Gasteiger partial charge is 0.256 e. The molecule has 0 fully saturated rings. The number of ether oxygens (including phenoxy) is 1. The zero-order chi connectivity index (χ0) is 22.5. The van der Waals surface area contributed by atoms with Gasteiger partial charge in [0.1, 0.15) is 10.8 Å². The molecular formula is C27H26N2O2S. The van der Waals surface area contributed by atoms with E-state index in [1.165, 1.54) is 10.4 Å². The summed E-state index contributed by atoms with van der Waals surface area (Å²) in [6, 6.07) is 27.4. The highest BCUT2D eigenvalue weighted by Gasteiger charge is 2.24. The van der Waals surface area contributed by atoms with E-state index in [1.807, 2.05) is 72.8 Å². The fourth-order valence-electron chi connectivity index (χ4n) is 3.67. The quantitative estimate of drug-likeness (QED) is 0.330. The van der Waals surface area contributed by atoms with E-state index in [9.17, 15) is 4.79 Å². The summed E-state index contributed by atoms with van der Waals surface area (Å²) >= 11 is 1.61. The molecule has 0 spiro atoms. The molecule has 0 bridgehead atoms. The van der Waals surface area contributed by atoms with Crippen LogP contribution in [0.3, 0.4) is 0 Å². The number of anilines is 2. The molecule has 32 heavy (non-hydrogen) atoms. The molecule has 0 unspecified atom stereocenters. The predicted molar refractivity (Wildman–Crippen MR) is 133 cm³/mol. The first-order valence-electron chi connectivity index (χ1n) is 10.5. The molecule has 2 N–H and O–H groups in total. The van der Waals surface area contributed by atoms with Gasteiger partial charge in [-0.2, -0.15) is 0 Å². The number of aryl methyl sites for hydroxylation is 1. The van der Waals surface area contributed by atoms with Crippen molar-refractivity contribution in [3.8, 4) is 5.75 Å². The second-order valence-electron chi connectivity index (χ2n) is 7.56. The Morgan fingerprint density at radius 2 is 1.50 bits per heavy atom. The third kappa shape index (κ3) is 4.68. The second-order valence-corrected chi connectivity index (χ2v) is 8.79. The van der Waals surface area contributed by atoms with Crippen molar-refractivity contribution in [2.75, 3.05) is 17.7 Å². The van der Waals surface area contributed by atoms with Crippen LogP contribution in [0.15, 0.2) is 84.9 Å². The molecule has 162 valence electrons. The van der Waals surface area contributed by atoms with Crippen molar-refractivity contribution in [1.29, 1.82) is 0 Å². The van der Waals surface area contributed by atoms with Gasteiger partial charge < -0.3 is 15.4 Å². The van der Waals surface area contributed by atoms with Crippen LogP contribution < -0.4 is 15.4 Å². The molecule has 5 heteroatoms. The van der Waals surface area contributed by atoms with Crippen LogP contribution in [0.2, 0.25) is 0 Å². The topological polar surface area (TPSA) is 50.4 Å². The Hall–Kier alpha value is -3.57. The lowest BCUT2D eigenvalue weighted by Crippen LogP contribution is -2.17. The van der Waals surface area contributed by atoms with E-state index in [-0.39, 0.29) is 11.9 Å². The average Bonchev–Trinajstić information content (AvgIpc) is 3.11. The summed E-state index contributed by atoms with van der Waals surface area (Å²) in [7, 11) is 1.66. The molecule has 0 saturated heterocycles.